The zero-order valence-corrected chi connectivity index (χ0v) is 11.7. The topological polar surface area (TPSA) is 69.6 Å². The summed E-state index contributed by atoms with van der Waals surface area (Å²) in [4.78, 5) is 4.33. The van der Waals surface area contributed by atoms with Crippen LogP contribution in [0.5, 0.6) is 0 Å². The predicted octanol–water partition coefficient (Wildman–Crippen LogP) is 2.49. The lowest BCUT2D eigenvalue weighted by molar-refractivity contribution is 0.556. The van der Waals surface area contributed by atoms with Crippen molar-refractivity contribution in [3.63, 3.8) is 0 Å². The highest BCUT2D eigenvalue weighted by Crippen LogP contribution is 2.34. The summed E-state index contributed by atoms with van der Waals surface area (Å²) in [6, 6.07) is 0. The van der Waals surface area contributed by atoms with Crippen LogP contribution in [-0.4, -0.2) is 19.1 Å². The molecule has 0 atom stereocenters. The molecule has 0 unspecified atom stereocenters. The minimum atomic E-state index is 0.747. The minimum Gasteiger partial charge on any atom is -0.395 e. The van der Waals surface area contributed by atoms with Crippen LogP contribution >= 0.6 is 23.3 Å². The molecule has 2 N–H and O–H groups in total. The first-order valence-electron chi connectivity index (χ1n) is 5.42. The molecule has 5 nitrogen and oxygen atoms in total. The Morgan fingerprint density at radius 1 is 1.41 bits per heavy atom. The van der Waals surface area contributed by atoms with Crippen molar-refractivity contribution in [1.82, 2.24) is 19.1 Å². The van der Waals surface area contributed by atoms with E-state index in [1.54, 1.807) is 11.8 Å². The first-order chi connectivity index (χ1) is 8.11. The number of nitrogen functional groups attached to an aromatic ring is 1. The molecule has 0 radical (unpaired) electrons. The number of aryl methyl sites for hydroxylation is 3. The van der Waals surface area contributed by atoms with Gasteiger partial charge < -0.3 is 5.73 Å². The van der Waals surface area contributed by atoms with Gasteiger partial charge in [0, 0.05) is 6.54 Å². The van der Waals surface area contributed by atoms with Gasteiger partial charge in [-0.1, -0.05) is 6.92 Å². The molecule has 0 aromatic carbocycles. The third-order valence-electron chi connectivity index (χ3n) is 2.25. The summed E-state index contributed by atoms with van der Waals surface area (Å²) in [6.07, 6.45) is 1.03. The SMILES string of the molecule is CCCn1nc(C)c(N)c1Sc1nc(C)ns1. The van der Waals surface area contributed by atoms with Crippen molar-refractivity contribution >= 4 is 29.0 Å². The van der Waals surface area contributed by atoms with E-state index in [4.69, 9.17) is 5.73 Å². The van der Waals surface area contributed by atoms with Crippen LogP contribution in [0, 0.1) is 13.8 Å². The van der Waals surface area contributed by atoms with Gasteiger partial charge in [0.15, 0.2) is 4.34 Å². The van der Waals surface area contributed by atoms with Gasteiger partial charge in [0.2, 0.25) is 0 Å². The Kier molecular flexibility index (Phi) is 3.68. The van der Waals surface area contributed by atoms with Crippen molar-refractivity contribution in [2.24, 2.45) is 0 Å². The molecule has 0 aliphatic carbocycles. The Morgan fingerprint density at radius 3 is 2.76 bits per heavy atom. The number of nitrogens with zero attached hydrogens (tertiary/aromatic N) is 4. The maximum atomic E-state index is 6.04. The average molecular weight is 269 g/mol. The van der Waals surface area contributed by atoms with Gasteiger partial charge in [-0.2, -0.15) is 9.47 Å². The van der Waals surface area contributed by atoms with E-state index in [0.29, 0.717) is 0 Å². The van der Waals surface area contributed by atoms with Crippen LogP contribution < -0.4 is 5.73 Å². The first-order valence-corrected chi connectivity index (χ1v) is 7.01. The molecule has 0 fully saturated rings. The highest BCUT2D eigenvalue weighted by molar-refractivity contribution is 8.01. The molecule has 0 aliphatic heterocycles. The third kappa shape index (κ3) is 2.61. The maximum absolute atomic E-state index is 6.04. The summed E-state index contributed by atoms with van der Waals surface area (Å²) in [5, 5.41) is 5.40. The molecule has 17 heavy (non-hydrogen) atoms. The van der Waals surface area contributed by atoms with E-state index in [2.05, 4.69) is 21.4 Å². The largest absolute Gasteiger partial charge is 0.395 e. The second kappa shape index (κ2) is 5.05. The highest BCUT2D eigenvalue weighted by atomic mass is 32.2. The summed E-state index contributed by atoms with van der Waals surface area (Å²) < 4.78 is 7.02. The van der Waals surface area contributed by atoms with E-state index in [1.807, 2.05) is 18.5 Å². The average Bonchev–Trinajstić information content (AvgIpc) is 2.79. The zero-order valence-electron chi connectivity index (χ0n) is 10.1. The fraction of sp³-hybridized carbons (Fsp3) is 0.500. The first kappa shape index (κ1) is 12.4. The molecule has 92 valence electrons. The molecule has 0 aliphatic rings. The van der Waals surface area contributed by atoms with E-state index in [0.717, 1.165) is 39.5 Å². The zero-order chi connectivity index (χ0) is 12.4. The summed E-state index contributed by atoms with van der Waals surface area (Å²) in [7, 11) is 0. The van der Waals surface area contributed by atoms with Crippen molar-refractivity contribution in [2.75, 3.05) is 5.73 Å². The Hall–Kier alpha value is -1.08. The van der Waals surface area contributed by atoms with Crippen LogP contribution in [0.1, 0.15) is 24.9 Å². The van der Waals surface area contributed by atoms with Crippen LogP contribution in [0.3, 0.4) is 0 Å². The lowest BCUT2D eigenvalue weighted by Gasteiger charge is -2.03. The lowest BCUT2D eigenvalue weighted by Crippen LogP contribution is -2.01. The van der Waals surface area contributed by atoms with E-state index >= 15 is 0 Å². The fourth-order valence-corrected chi connectivity index (χ4v) is 3.21. The molecule has 2 aromatic heterocycles. The molecule has 0 saturated heterocycles. The van der Waals surface area contributed by atoms with Gasteiger partial charge in [0.05, 0.1) is 11.4 Å². The third-order valence-corrected chi connectivity index (χ3v) is 4.22. The Labute approximate surface area is 109 Å². The second-order valence-electron chi connectivity index (χ2n) is 3.74. The Balaban J connectivity index is 2.30. The van der Waals surface area contributed by atoms with Gasteiger partial charge >= 0.3 is 0 Å². The fourth-order valence-electron chi connectivity index (χ4n) is 1.45. The van der Waals surface area contributed by atoms with Crippen molar-refractivity contribution in [3.05, 3.63) is 11.5 Å². The second-order valence-corrected chi connectivity index (χ2v) is 5.72. The number of nitrogens with two attached hydrogens (primary N) is 1. The van der Waals surface area contributed by atoms with Gasteiger partial charge in [-0.15, -0.1) is 0 Å². The molecule has 0 amide bonds. The van der Waals surface area contributed by atoms with E-state index < -0.39 is 0 Å². The highest BCUT2D eigenvalue weighted by Gasteiger charge is 2.15. The summed E-state index contributed by atoms with van der Waals surface area (Å²) in [5.41, 5.74) is 7.66. The molecular formula is C10H15N5S2. The summed E-state index contributed by atoms with van der Waals surface area (Å²) in [6.45, 7) is 6.81. The molecule has 0 spiro atoms. The molecule has 7 heteroatoms. The minimum absolute atomic E-state index is 0.747. The van der Waals surface area contributed by atoms with E-state index in [9.17, 15) is 0 Å². The molecule has 2 heterocycles. The van der Waals surface area contributed by atoms with Crippen molar-refractivity contribution in [2.45, 2.75) is 43.1 Å². The standard InChI is InChI=1S/C10H15N5S2/c1-4-5-15-9(8(11)6(2)13-15)16-10-12-7(3)14-17-10/h4-5,11H2,1-3H3. The maximum Gasteiger partial charge on any atom is 0.176 e. The molecule has 2 aromatic rings. The Bertz CT molecular complexity index is 517. The van der Waals surface area contributed by atoms with E-state index in [-0.39, 0.29) is 0 Å². The van der Waals surface area contributed by atoms with Crippen molar-refractivity contribution in [1.29, 1.82) is 0 Å². The van der Waals surface area contributed by atoms with Crippen LogP contribution in [-0.2, 0) is 6.54 Å². The molecule has 2 rings (SSSR count). The number of hydrogen-bond acceptors (Lipinski definition) is 6. The molecule has 0 bridgehead atoms. The van der Waals surface area contributed by atoms with Gasteiger partial charge in [-0.3, -0.25) is 4.68 Å². The van der Waals surface area contributed by atoms with Crippen molar-refractivity contribution < 1.29 is 0 Å². The van der Waals surface area contributed by atoms with Crippen LogP contribution in [0.4, 0.5) is 5.69 Å². The number of hydrogen-bond donors (Lipinski definition) is 1. The normalized spacial score (nSPS) is 11.0. The summed E-state index contributed by atoms with van der Waals surface area (Å²) in [5.74, 6) is 0.800. The smallest absolute Gasteiger partial charge is 0.176 e. The molecule has 0 saturated carbocycles. The van der Waals surface area contributed by atoms with Gasteiger partial charge in [-0.05, 0) is 43.6 Å². The number of anilines is 1. The van der Waals surface area contributed by atoms with Crippen LogP contribution in [0.25, 0.3) is 0 Å². The number of rotatable bonds is 4. The van der Waals surface area contributed by atoms with Crippen LogP contribution in [0.15, 0.2) is 9.37 Å². The van der Waals surface area contributed by atoms with Crippen molar-refractivity contribution in [3.8, 4) is 0 Å². The Morgan fingerprint density at radius 2 is 2.18 bits per heavy atom. The summed E-state index contributed by atoms with van der Waals surface area (Å²) >= 11 is 2.94. The van der Waals surface area contributed by atoms with Gasteiger partial charge in [0.1, 0.15) is 10.9 Å². The van der Waals surface area contributed by atoms with Gasteiger partial charge in [0.25, 0.3) is 0 Å². The predicted molar refractivity (Wildman–Crippen MR) is 70.4 cm³/mol. The van der Waals surface area contributed by atoms with E-state index in [1.165, 1.54) is 11.5 Å². The monoisotopic (exact) mass is 269 g/mol. The van der Waals surface area contributed by atoms with Gasteiger partial charge in [-0.25, -0.2) is 4.98 Å². The quantitative estimate of drug-likeness (QED) is 0.923. The molecular weight excluding hydrogens is 254 g/mol. The van der Waals surface area contributed by atoms with Crippen LogP contribution in [0.2, 0.25) is 0 Å². The number of aromatic nitrogens is 4. The lowest BCUT2D eigenvalue weighted by atomic mass is 10.4.